The third-order valence-corrected chi connectivity index (χ3v) is 5.21. The van der Waals surface area contributed by atoms with Gasteiger partial charge in [0.2, 0.25) is 5.91 Å². The number of thiazole rings is 1. The molecule has 3 heterocycles. The van der Waals surface area contributed by atoms with Crippen molar-refractivity contribution in [2.75, 3.05) is 23.3 Å². The molecule has 0 spiro atoms. The van der Waals surface area contributed by atoms with Crippen molar-refractivity contribution < 1.29 is 14.0 Å². The summed E-state index contributed by atoms with van der Waals surface area (Å²) in [6, 6.07) is 8.11. The highest BCUT2D eigenvalue weighted by molar-refractivity contribution is 7.07. The number of aromatic nitrogens is 2. The van der Waals surface area contributed by atoms with E-state index in [1.165, 1.54) is 23.6 Å². The van der Waals surface area contributed by atoms with Gasteiger partial charge >= 0.3 is 0 Å². The van der Waals surface area contributed by atoms with Gasteiger partial charge in [-0.3, -0.25) is 9.59 Å². The largest absolute Gasteiger partial charge is 0.359 e. The predicted molar refractivity (Wildman–Crippen MR) is 108 cm³/mol. The SMILES string of the molecule is O=C(NCCc1ccccc1F)c1cnc2c(c1)N(Cc1cscn1)C(=O)CN2. The van der Waals surface area contributed by atoms with Crippen molar-refractivity contribution in [3.63, 3.8) is 0 Å². The van der Waals surface area contributed by atoms with Crippen molar-refractivity contribution in [2.24, 2.45) is 0 Å². The quantitative estimate of drug-likeness (QED) is 0.651. The van der Waals surface area contributed by atoms with Crippen LogP contribution in [-0.4, -0.2) is 34.9 Å². The first-order valence-electron chi connectivity index (χ1n) is 9.05. The lowest BCUT2D eigenvalue weighted by Crippen LogP contribution is -2.40. The van der Waals surface area contributed by atoms with E-state index in [9.17, 15) is 14.0 Å². The van der Waals surface area contributed by atoms with E-state index in [4.69, 9.17) is 0 Å². The van der Waals surface area contributed by atoms with E-state index in [0.717, 1.165) is 5.69 Å². The summed E-state index contributed by atoms with van der Waals surface area (Å²) in [7, 11) is 0. The minimum atomic E-state index is -0.330. The number of hydrogen-bond donors (Lipinski definition) is 2. The number of pyridine rings is 1. The number of carbonyl (C=O) groups excluding carboxylic acids is 2. The lowest BCUT2D eigenvalue weighted by molar-refractivity contribution is -0.117. The number of nitrogens with one attached hydrogen (secondary N) is 2. The summed E-state index contributed by atoms with van der Waals surface area (Å²) in [5, 5.41) is 7.62. The normalized spacial score (nSPS) is 13.0. The summed E-state index contributed by atoms with van der Waals surface area (Å²) >= 11 is 1.46. The Bertz CT molecular complexity index is 1040. The standard InChI is InChI=1S/C20H18FN5O2S/c21-16-4-2-1-3-13(16)5-6-22-20(28)14-7-17-19(23-8-14)24-9-18(27)26(17)10-15-11-29-12-25-15/h1-4,7-8,11-12H,5-6,9-10H2,(H,22,28)(H,23,24). The molecule has 2 aromatic heterocycles. The topological polar surface area (TPSA) is 87.2 Å². The van der Waals surface area contributed by atoms with Crippen molar-refractivity contribution in [1.82, 2.24) is 15.3 Å². The van der Waals surface area contributed by atoms with Gasteiger partial charge in [0.05, 0.1) is 35.5 Å². The Morgan fingerprint density at radius 2 is 2.17 bits per heavy atom. The van der Waals surface area contributed by atoms with Crippen LogP contribution in [-0.2, 0) is 17.8 Å². The highest BCUT2D eigenvalue weighted by atomic mass is 32.1. The van der Waals surface area contributed by atoms with Gasteiger partial charge in [0, 0.05) is 18.1 Å². The number of benzene rings is 1. The fourth-order valence-electron chi connectivity index (χ4n) is 3.07. The summed E-state index contributed by atoms with van der Waals surface area (Å²) in [6.07, 6.45) is 1.84. The average molecular weight is 411 g/mol. The molecule has 2 N–H and O–H groups in total. The Morgan fingerprint density at radius 1 is 1.31 bits per heavy atom. The summed E-state index contributed by atoms with van der Waals surface area (Å²) in [5.74, 6) is -0.199. The summed E-state index contributed by atoms with van der Waals surface area (Å²) < 4.78 is 13.7. The molecule has 0 bridgehead atoms. The minimum Gasteiger partial charge on any atom is -0.359 e. The van der Waals surface area contributed by atoms with Gasteiger partial charge in [-0.05, 0) is 24.1 Å². The zero-order valence-corrected chi connectivity index (χ0v) is 16.2. The maximum atomic E-state index is 13.7. The van der Waals surface area contributed by atoms with Crippen LogP contribution in [0.3, 0.4) is 0 Å². The van der Waals surface area contributed by atoms with Crippen LogP contribution in [0.15, 0.2) is 47.4 Å². The highest BCUT2D eigenvalue weighted by Gasteiger charge is 2.26. The molecule has 2 amide bonds. The second kappa shape index (κ2) is 8.36. The van der Waals surface area contributed by atoms with E-state index in [0.29, 0.717) is 35.6 Å². The van der Waals surface area contributed by atoms with Gasteiger partial charge in [-0.15, -0.1) is 11.3 Å². The molecule has 3 aromatic rings. The Morgan fingerprint density at radius 3 is 2.97 bits per heavy atom. The number of anilines is 2. The lowest BCUT2D eigenvalue weighted by Gasteiger charge is -2.29. The maximum Gasteiger partial charge on any atom is 0.252 e. The number of carbonyl (C=O) groups is 2. The molecule has 1 aliphatic heterocycles. The molecule has 9 heteroatoms. The molecule has 0 unspecified atom stereocenters. The van der Waals surface area contributed by atoms with Crippen LogP contribution in [0.4, 0.5) is 15.9 Å². The van der Waals surface area contributed by atoms with Crippen LogP contribution < -0.4 is 15.5 Å². The number of rotatable bonds is 6. The molecule has 1 aromatic carbocycles. The zero-order chi connectivity index (χ0) is 20.2. The molecule has 0 saturated carbocycles. The smallest absolute Gasteiger partial charge is 0.252 e. The fourth-order valence-corrected chi connectivity index (χ4v) is 3.62. The van der Waals surface area contributed by atoms with Crippen LogP contribution in [0.2, 0.25) is 0 Å². The van der Waals surface area contributed by atoms with Gasteiger partial charge in [0.25, 0.3) is 5.91 Å². The molecule has 7 nitrogen and oxygen atoms in total. The Hall–Kier alpha value is -3.33. The van der Waals surface area contributed by atoms with E-state index >= 15 is 0 Å². The molecule has 0 radical (unpaired) electrons. The van der Waals surface area contributed by atoms with Crippen molar-refractivity contribution in [1.29, 1.82) is 0 Å². The van der Waals surface area contributed by atoms with Crippen molar-refractivity contribution >= 4 is 34.7 Å². The molecule has 1 aliphatic rings. The first-order chi connectivity index (χ1) is 14.1. The van der Waals surface area contributed by atoms with E-state index in [2.05, 4.69) is 20.6 Å². The van der Waals surface area contributed by atoms with Crippen LogP contribution >= 0.6 is 11.3 Å². The van der Waals surface area contributed by atoms with Gasteiger partial charge in [0.15, 0.2) is 5.82 Å². The Kier molecular flexibility index (Phi) is 5.48. The lowest BCUT2D eigenvalue weighted by atomic mass is 10.1. The van der Waals surface area contributed by atoms with Gasteiger partial charge in [-0.25, -0.2) is 14.4 Å². The van der Waals surface area contributed by atoms with Crippen LogP contribution in [0.5, 0.6) is 0 Å². The van der Waals surface area contributed by atoms with Crippen molar-refractivity contribution in [3.8, 4) is 0 Å². The third-order valence-electron chi connectivity index (χ3n) is 4.57. The number of hydrogen-bond acceptors (Lipinski definition) is 6. The van der Waals surface area contributed by atoms with Crippen LogP contribution in [0, 0.1) is 5.82 Å². The molecule has 29 heavy (non-hydrogen) atoms. The number of halogens is 1. The number of amides is 2. The van der Waals surface area contributed by atoms with Crippen molar-refractivity contribution in [2.45, 2.75) is 13.0 Å². The summed E-state index contributed by atoms with van der Waals surface area (Å²) in [4.78, 5) is 35.0. The second-order valence-corrected chi connectivity index (χ2v) is 7.22. The molecule has 0 saturated heterocycles. The van der Waals surface area contributed by atoms with Crippen LogP contribution in [0.1, 0.15) is 21.6 Å². The van der Waals surface area contributed by atoms with Gasteiger partial charge < -0.3 is 15.5 Å². The van der Waals surface area contributed by atoms with E-state index in [-0.39, 0.29) is 30.7 Å². The van der Waals surface area contributed by atoms with Gasteiger partial charge in [-0.2, -0.15) is 0 Å². The molecule has 0 atom stereocenters. The predicted octanol–water partition coefficient (Wildman–Crippen LogP) is 2.61. The number of nitrogens with zero attached hydrogens (tertiary/aromatic N) is 3. The monoisotopic (exact) mass is 411 g/mol. The highest BCUT2D eigenvalue weighted by Crippen LogP contribution is 2.29. The molecular formula is C20H18FN5O2S. The van der Waals surface area contributed by atoms with Crippen molar-refractivity contribution in [3.05, 3.63) is 70.1 Å². The van der Waals surface area contributed by atoms with E-state index in [1.54, 1.807) is 34.7 Å². The molecule has 0 fully saturated rings. The fraction of sp³-hybridized carbons (Fsp3) is 0.200. The second-order valence-electron chi connectivity index (χ2n) is 6.50. The third kappa shape index (κ3) is 4.24. The van der Waals surface area contributed by atoms with E-state index in [1.807, 2.05) is 5.38 Å². The maximum absolute atomic E-state index is 13.7. The first kappa shape index (κ1) is 19.0. The zero-order valence-electron chi connectivity index (χ0n) is 15.4. The van der Waals surface area contributed by atoms with Crippen LogP contribution in [0.25, 0.3) is 0 Å². The molecule has 148 valence electrons. The summed E-state index contributed by atoms with van der Waals surface area (Å²) in [5.41, 5.74) is 3.89. The Labute approximate surface area is 170 Å². The van der Waals surface area contributed by atoms with E-state index < -0.39 is 0 Å². The average Bonchev–Trinajstić information content (AvgIpc) is 3.24. The number of fused-ring (bicyclic) bond motifs is 1. The van der Waals surface area contributed by atoms with Gasteiger partial charge in [-0.1, -0.05) is 18.2 Å². The first-order valence-corrected chi connectivity index (χ1v) is 9.99. The molecule has 0 aliphatic carbocycles. The summed E-state index contributed by atoms with van der Waals surface area (Å²) in [6.45, 7) is 0.742. The molecular weight excluding hydrogens is 393 g/mol. The Balaban J connectivity index is 1.47. The molecule has 4 rings (SSSR count). The van der Waals surface area contributed by atoms with Gasteiger partial charge in [0.1, 0.15) is 5.82 Å². The minimum absolute atomic E-state index is 0.121.